The van der Waals surface area contributed by atoms with Crippen LogP contribution in [0.15, 0.2) is 24.3 Å². The zero-order valence-corrected chi connectivity index (χ0v) is 15.2. The summed E-state index contributed by atoms with van der Waals surface area (Å²) in [5, 5.41) is 22.6. The van der Waals surface area contributed by atoms with Gasteiger partial charge in [0.1, 0.15) is 5.75 Å². The lowest BCUT2D eigenvalue weighted by Crippen LogP contribution is -2.59. The molecule has 2 aliphatic rings. The number of anilines is 2. The topological polar surface area (TPSA) is 64.5 Å². The Hall–Kier alpha value is -2.05. The third-order valence-corrected chi connectivity index (χ3v) is 5.40. The van der Waals surface area contributed by atoms with Crippen LogP contribution in [0, 0.1) is 0 Å². The molecular weight excluding hydrogens is 338 g/mol. The van der Waals surface area contributed by atoms with Gasteiger partial charge in [0.15, 0.2) is 5.82 Å². The van der Waals surface area contributed by atoms with Gasteiger partial charge in [-0.05, 0) is 32.0 Å². The first-order valence-electron chi connectivity index (χ1n) is 8.64. The van der Waals surface area contributed by atoms with Crippen LogP contribution in [0.3, 0.4) is 0 Å². The Morgan fingerprint density at radius 1 is 1.28 bits per heavy atom. The minimum Gasteiger partial charge on any atom is -0.506 e. The summed E-state index contributed by atoms with van der Waals surface area (Å²) < 4.78 is 0. The van der Waals surface area contributed by atoms with E-state index in [4.69, 9.17) is 11.6 Å². The van der Waals surface area contributed by atoms with Gasteiger partial charge in [-0.3, -0.25) is 4.90 Å². The van der Waals surface area contributed by atoms with Gasteiger partial charge in [0.05, 0.1) is 22.4 Å². The Morgan fingerprint density at radius 2 is 2.12 bits per heavy atom. The molecule has 2 aromatic rings. The molecule has 4 rings (SSSR count). The molecule has 7 heteroatoms. The fourth-order valence-corrected chi connectivity index (χ4v) is 3.81. The Morgan fingerprint density at radius 3 is 2.92 bits per heavy atom. The van der Waals surface area contributed by atoms with Crippen LogP contribution in [0.25, 0.3) is 11.3 Å². The van der Waals surface area contributed by atoms with Gasteiger partial charge in [-0.15, -0.1) is 10.2 Å². The molecule has 0 unspecified atom stereocenters. The number of phenolic OH excluding ortho intramolecular Hbond substituents is 1. The van der Waals surface area contributed by atoms with E-state index >= 15 is 0 Å². The van der Waals surface area contributed by atoms with E-state index < -0.39 is 0 Å². The lowest BCUT2D eigenvalue weighted by atomic mass is 10.0. The number of benzene rings is 1. The molecule has 0 bridgehead atoms. The van der Waals surface area contributed by atoms with Crippen molar-refractivity contribution in [3.8, 4) is 17.0 Å². The minimum absolute atomic E-state index is 0.0448. The molecule has 0 amide bonds. The number of phenols is 1. The molecule has 0 spiro atoms. The fourth-order valence-electron chi connectivity index (χ4n) is 3.64. The van der Waals surface area contributed by atoms with Gasteiger partial charge in [0.25, 0.3) is 0 Å². The Kier molecular flexibility index (Phi) is 4.17. The van der Waals surface area contributed by atoms with Crippen LogP contribution >= 0.6 is 11.6 Å². The first-order chi connectivity index (χ1) is 12.0. The van der Waals surface area contributed by atoms with Crippen LogP contribution in [-0.2, 0) is 0 Å². The maximum atomic E-state index is 10.2. The number of nitrogens with one attached hydrogen (secondary N) is 1. The molecule has 25 heavy (non-hydrogen) atoms. The SMILES string of the molecule is CC(C)N1CCN2c3cc(-c4cccc(Cl)c4O)nnc3NC[C@@H]2C1. The monoisotopic (exact) mass is 359 g/mol. The summed E-state index contributed by atoms with van der Waals surface area (Å²) in [6.45, 7) is 8.38. The molecule has 0 saturated carbocycles. The summed E-state index contributed by atoms with van der Waals surface area (Å²) in [6.07, 6.45) is 0. The van der Waals surface area contributed by atoms with Gasteiger partial charge >= 0.3 is 0 Å². The molecular formula is C18H22ClN5O. The van der Waals surface area contributed by atoms with Crippen molar-refractivity contribution >= 4 is 23.1 Å². The smallest absolute Gasteiger partial charge is 0.172 e. The predicted molar refractivity (Wildman–Crippen MR) is 100 cm³/mol. The lowest BCUT2D eigenvalue weighted by molar-refractivity contribution is 0.182. The van der Waals surface area contributed by atoms with Crippen molar-refractivity contribution in [2.75, 3.05) is 36.4 Å². The van der Waals surface area contributed by atoms with Crippen LogP contribution in [0.4, 0.5) is 11.5 Å². The molecule has 3 heterocycles. The van der Waals surface area contributed by atoms with E-state index in [0.29, 0.717) is 28.4 Å². The highest BCUT2D eigenvalue weighted by Crippen LogP contribution is 2.38. The van der Waals surface area contributed by atoms with Crippen LogP contribution in [-0.4, -0.2) is 58.5 Å². The zero-order chi connectivity index (χ0) is 17.6. The largest absolute Gasteiger partial charge is 0.506 e. The number of para-hydroxylation sites is 1. The Bertz CT molecular complexity index is 797. The van der Waals surface area contributed by atoms with Gasteiger partial charge in [-0.1, -0.05) is 17.7 Å². The number of aromatic hydroxyl groups is 1. The van der Waals surface area contributed by atoms with Crippen molar-refractivity contribution in [3.63, 3.8) is 0 Å². The molecule has 1 aromatic heterocycles. The summed E-state index contributed by atoms with van der Waals surface area (Å²) in [7, 11) is 0. The van der Waals surface area contributed by atoms with Gasteiger partial charge in [-0.2, -0.15) is 0 Å². The standard InChI is InChI=1S/C18H22ClN5O/c1-11(2)23-6-7-24-12(10-23)9-20-18-16(24)8-15(21-22-18)13-4-3-5-14(19)17(13)25/h3-5,8,11-12,25H,6-7,9-10H2,1-2H3,(H,20,22)/t12-/m1/s1. The number of piperazine rings is 1. The summed E-state index contributed by atoms with van der Waals surface area (Å²) in [6, 6.07) is 8.24. The average Bonchev–Trinajstić information content (AvgIpc) is 2.63. The summed E-state index contributed by atoms with van der Waals surface area (Å²) >= 11 is 6.04. The Labute approximate surface area is 152 Å². The lowest BCUT2D eigenvalue weighted by Gasteiger charge is -2.47. The minimum atomic E-state index is 0.0448. The van der Waals surface area contributed by atoms with Crippen molar-refractivity contribution < 1.29 is 5.11 Å². The molecule has 1 aromatic carbocycles. The van der Waals surface area contributed by atoms with E-state index in [1.165, 1.54) is 0 Å². The second-order valence-electron chi connectivity index (χ2n) is 6.92. The number of halogens is 1. The number of hydrogen-bond acceptors (Lipinski definition) is 6. The molecule has 1 fully saturated rings. The Balaban J connectivity index is 1.69. The van der Waals surface area contributed by atoms with E-state index in [1.54, 1.807) is 12.1 Å². The first kappa shape index (κ1) is 16.4. The van der Waals surface area contributed by atoms with E-state index in [0.717, 1.165) is 37.7 Å². The van der Waals surface area contributed by atoms with Crippen molar-refractivity contribution in [1.82, 2.24) is 15.1 Å². The van der Waals surface area contributed by atoms with E-state index in [1.807, 2.05) is 12.1 Å². The zero-order valence-electron chi connectivity index (χ0n) is 14.4. The quantitative estimate of drug-likeness (QED) is 0.859. The number of nitrogens with zero attached hydrogens (tertiary/aromatic N) is 4. The third kappa shape index (κ3) is 2.89. The molecule has 132 valence electrons. The highest BCUT2D eigenvalue weighted by Gasteiger charge is 2.33. The van der Waals surface area contributed by atoms with Crippen molar-refractivity contribution in [1.29, 1.82) is 0 Å². The first-order valence-corrected chi connectivity index (χ1v) is 9.02. The maximum absolute atomic E-state index is 10.2. The number of fused-ring (bicyclic) bond motifs is 3. The number of aromatic nitrogens is 2. The summed E-state index contributed by atoms with van der Waals surface area (Å²) in [5.74, 6) is 0.850. The highest BCUT2D eigenvalue weighted by molar-refractivity contribution is 6.32. The van der Waals surface area contributed by atoms with Crippen molar-refractivity contribution in [2.45, 2.75) is 25.9 Å². The summed E-state index contributed by atoms with van der Waals surface area (Å²) in [5.41, 5.74) is 2.28. The second kappa shape index (κ2) is 6.35. The second-order valence-corrected chi connectivity index (χ2v) is 7.32. The van der Waals surface area contributed by atoms with Crippen LogP contribution in [0.1, 0.15) is 13.8 Å². The predicted octanol–water partition coefficient (Wildman–Crippen LogP) is 2.83. The summed E-state index contributed by atoms with van der Waals surface area (Å²) in [4.78, 5) is 4.91. The van der Waals surface area contributed by atoms with Crippen LogP contribution < -0.4 is 10.2 Å². The van der Waals surface area contributed by atoms with E-state index in [9.17, 15) is 5.11 Å². The molecule has 6 nitrogen and oxygen atoms in total. The highest BCUT2D eigenvalue weighted by atomic mass is 35.5. The van der Waals surface area contributed by atoms with Crippen molar-refractivity contribution in [2.24, 2.45) is 0 Å². The van der Waals surface area contributed by atoms with Crippen LogP contribution in [0.5, 0.6) is 5.75 Å². The third-order valence-electron chi connectivity index (χ3n) is 5.10. The number of rotatable bonds is 2. The molecule has 2 N–H and O–H groups in total. The fraction of sp³-hybridized carbons (Fsp3) is 0.444. The van der Waals surface area contributed by atoms with Gasteiger partial charge in [0.2, 0.25) is 0 Å². The van der Waals surface area contributed by atoms with Crippen molar-refractivity contribution in [3.05, 3.63) is 29.3 Å². The molecule has 0 aliphatic carbocycles. The van der Waals surface area contributed by atoms with Gasteiger partial charge in [0, 0.05) is 37.8 Å². The molecule has 1 saturated heterocycles. The molecule has 1 atom stereocenters. The van der Waals surface area contributed by atoms with Gasteiger partial charge in [-0.25, -0.2) is 0 Å². The van der Waals surface area contributed by atoms with E-state index in [2.05, 4.69) is 39.2 Å². The molecule has 2 aliphatic heterocycles. The normalized spacial score (nSPS) is 20.2. The molecule has 0 radical (unpaired) electrons. The maximum Gasteiger partial charge on any atom is 0.172 e. The van der Waals surface area contributed by atoms with Gasteiger partial charge < -0.3 is 15.3 Å². The van der Waals surface area contributed by atoms with Crippen LogP contribution in [0.2, 0.25) is 5.02 Å². The number of hydrogen-bond donors (Lipinski definition) is 2. The average molecular weight is 360 g/mol. The van der Waals surface area contributed by atoms with E-state index in [-0.39, 0.29) is 5.75 Å².